The molecule has 2 atom stereocenters. The van der Waals surface area contributed by atoms with E-state index < -0.39 is 0 Å². The van der Waals surface area contributed by atoms with Gasteiger partial charge in [-0.2, -0.15) is 0 Å². The summed E-state index contributed by atoms with van der Waals surface area (Å²) in [4.78, 5) is 7.07. The van der Waals surface area contributed by atoms with E-state index in [4.69, 9.17) is 4.74 Å². The number of fused-ring (bicyclic) bond motifs is 1. The van der Waals surface area contributed by atoms with Crippen molar-refractivity contribution in [1.29, 1.82) is 0 Å². The van der Waals surface area contributed by atoms with Crippen LogP contribution in [0.2, 0.25) is 0 Å². The van der Waals surface area contributed by atoms with Gasteiger partial charge in [0.1, 0.15) is 0 Å². The predicted molar refractivity (Wildman–Crippen MR) is 81.3 cm³/mol. The summed E-state index contributed by atoms with van der Waals surface area (Å²) in [6.45, 7) is 10.9. The summed E-state index contributed by atoms with van der Waals surface area (Å²) >= 11 is 0. The van der Waals surface area contributed by atoms with Crippen molar-refractivity contribution in [3.63, 3.8) is 0 Å². The summed E-state index contributed by atoms with van der Waals surface area (Å²) in [7, 11) is 0. The normalized spacial score (nSPS) is 27.6. The summed E-state index contributed by atoms with van der Waals surface area (Å²) in [6.07, 6.45) is 2.89. The molecule has 0 radical (unpaired) electrons. The minimum atomic E-state index is 0.132. The van der Waals surface area contributed by atoms with Gasteiger partial charge in [0.05, 0.1) is 6.61 Å². The molecule has 1 N–H and O–H groups in total. The van der Waals surface area contributed by atoms with E-state index in [9.17, 15) is 0 Å². The highest BCUT2D eigenvalue weighted by atomic mass is 16.5. The van der Waals surface area contributed by atoms with E-state index >= 15 is 0 Å². The van der Waals surface area contributed by atoms with Gasteiger partial charge in [-0.05, 0) is 44.2 Å². The number of hydrogen-bond acceptors (Lipinski definition) is 4. The summed E-state index contributed by atoms with van der Waals surface area (Å²) in [5, 5.41) is 3.52. The molecule has 4 heteroatoms. The maximum absolute atomic E-state index is 5.89. The van der Waals surface area contributed by atoms with Gasteiger partial charge in [0.2, 0.25) is 0 Å². The molecule has 0 saturated carbocycles. The largest absolute Gasteiger partial charge is 0.490 e. The Morgan fingerprint density at radius 3 is 3.05 bits per heavy atom. The zero-order valence-corrected chi connectivity index (χ0v) is 12.7. The first kappa shape index (κ1) is 13.7. The highest BCUT2D eigenvalue weighted by Gasteiger charge is 2.50. The molecule has 1 aromatic rings. The van der Waals surface area contributed by atoms with Crippen LogP contribution in [0.3, 0.4) is 0 Å². The molecule has 0 bridgehead atoms. The fourth-order valence-corrected chi connectivity index (χ4v) is 3.69. The minimum absolute atomic E-state index is 0.132. The Morgan fingerprint density at radius 2 is 2.30 bits per heavy atom. The average Bonchev–Trinajstić information content (AvgIpc) is 2.99. The smallest absolute Gasteiger partial charge is 0.171 e. The molecule has 2 aliphatic rings. The third-order valence-electron chi connectivity index (χ3n) is 4.83. The summed E-state index contributed by atoms with van der Waals surface area (Å²) in [5.74, 6) is 3.37. The van der Waals surface area contributed by atoms with Crippen molar-refractivity contribution < 1.29 is 4.74 Å². The quantitative estimate of drug-likeness (QED) is 0.915. The van der Waals surface area contributed by atoms with E-state index in [2.05, 4.69) is 36.0 Å². The second-order valence-electron chi connectivity index (χ2n) is 6.46. The van der Waals surface area contributed by atoms with Gasteiger partial charge in [0, 0.05) is 31.4 Å². The maximum Gasteiger partial charge on any atom is 0.171 e. The summed E-state index contributed by atoms with van der Waals surface area (Å²) in [5.41, 5.74) is 0.132. The Labute approximate surface area is 121 Å². The lowest BCUT2D eigenvalue weighted by Crippen LogP contribution is -2.45. The summed E-state index contributed by atoms with van der Waals surface area (Å²) < 4.78 is 5.89. The van der Waals surface area contributed by atoms with Gasteiger partial charge < -0.3 is 15.0 Å². The highest BCUT2D eigenvalue weighted by molar-refractivity contribution is 5.55. The standard InChI is InChI=1S/C16H25N3O/c1-4-8-20-14-6-5-7-18-15(14)19-11-12-9-17-10-13(12)16(19,2)3/h5-7,12-13,17H,4,8-11H2,1-3H3. The van der Waals surface area contributed by atoms with Crippen LogP contribution in [-0.2, 0) is 0 Å². The number of ether oxygens (including phenoxy) is 1. The Kier molecular flexibility index (Phi) is 3.59. The van der Waals surface area contributed by atoms with Crippen LogP contribution < -0.4 is 15.0 Å². The molecule has 0 aliphatic carbocycles. The monoisotopic (exact) mass is 275 g/mol. The van der Waals surface area contributed by atoms with E-state index in [1.165, 1.54) is 0 Å². The van der Waals surface area contributed by atoms with Crippen LogP contribution in [0.25, 0.3) is 0 Å². The molecular weight excluding hydrogens is 250 g/mol. The predicted octanol–water partition coefficient (Wildman–Crippen LogP) is 2.30. The zero-order valence-electron chi connectivity index (χ0n) is 12.7. The fourth-order valence-electron chi connectivity index (χ4n) is 3.69. The van der Waals surface area contributed by atoms with Crippen LogP contribution in [-0.4, -0.2) is 36.8 Å². The lowest BCUT2D eigenvalue weighted by atomic mass is 9.85. The van der Waals surface area contributed by atoms with Crippen molar-refractivity contribution in [2.75, 3.05) is 31.1 Å². The number of nitrogens with zero attached hydrogens (tertiary/aromatic N) is 2. The van der Waals surface area contributed by atoms with Crippen LogP contribution >= 0.6 is 0 Å². The number of anilines is 1. The van der Waals surface area contributed by atoms with Gasteiger partial charge in [0.25, 0.3) is 0 Å². The van der Waals surface area contributed by atoms with Crippen molar-refractivity contribution in [3.05, 3.63) is 18.3 Å². The molecule has 110 valence electrons. The molecule has 3 heterocycles. The van der Waals surface area contributed by atoms with E-state index in [0.29, 0.717) is 5.92 Å². The van der Waals surface area contributed by atoms with E-state index in [0.717, 1.165) is 50.1 Å². The van der Waals surface area contributed by atoms with Crippen molar-refractivity contribution in [1.82, 2.24) is 10.3 Å². The molecule has 2 saturated heterocycles. The zero-order chi connectivity index (χ0) is 14.2. The molecule has 20 heavy (non-hydrogen) atoms. The van der Waals surface area contributed by atoms with Crippen molar-refractivity contribution in [2.45, 2.75) is 32.7 Å². The summed E-state index contributed by atoms with van der Waals surface area (Å²) in [6, 6.07) is 4.00. The van der Waals surface area contributed by atoms with Crippen LogP contribution in [0.4, 0.5) is 5.82 Å². The lowest BCUT2D eigenvalue weighted by Gasteiger charge is -2.37. The molecule has 2 unspecified atom stereocenters. The van der Waals surface area contributed by atoms with Crippen LogP contribution in [0, 0.1) is 11.8 Å². The molecule has 0 aromatic carbocycles. The van der Waals surface area contributed by atoms with Gasteiger partial charge in [-0.15, -0.1) is 0 Å². The van der Waals surface area contributed by atoms with Crippen LogP contribution in [0.15, 0.2) is 18.3 Å². The molecule has 4 nitrogen and oxygen atoms in total. The average molecular weight is 275 g/mol. The Bertz CT molecular complexity index is 475. The number of rotatable bonds is 4. The molecule has 3 rings (SSSR count). The van der Waals surface area contributed by atoms with Crippen molar-refractivity contribution in [2.24, 2.45) is 11.8 Å². The third kappa shape index (κ3) is 2.16. The fraction of sp³-hybridized carbons (Fsp3) is 0.688. The molecule has 2 aliphatic heterocycles. The second kappa shape index (κ2) is 5.24. The first-order chi connectivity index (χ1) is 9.64. The number of nitrogens with one attached hydrogen (secondary N) is 1. The molecule has 0 spiro atoms. The van der Waals surface area contributed by atoms with Crippen molar-refractivity contribution in [3.8, 4) is 5.75 Å². The van der Waals surface area contributed by atoms with Gasteiger partial charge in [0.15, 0.2) is 11.6 Å². The van der Waals surface area contributed by atoms with Gasteiger partial charge >= 0.3 is 0 Å². The number of hydrogen-bond donors (Lipinski definition) is 1. The van der Waals surface area contributed by atoms with Crippen LogP contribution in [0.5, 0.6) is 5.75 Å². The Balaban J connectivity index is 1.89. The van der Waals surface area contributed by atoms with Crippen LogP contribution in [0.1, 0.15) is 27.2 Å². The number of pyridine rings is 1. The molecule has 1 aromatic heterocycles. The van der Waals surface area contributed by atoms with Crippen molar-refractivity contribution >= 4 is 5.82 Å². The molecular formula is C16H25N3O. The van der Waals surface area contributed by atoms with Gasteiger partial charge in [-0.1, -0.05) is 6.92 Å². The Hall–Kier alpha value is -1.29. The number of aromatic nitrogens is 1. The lowest BCUT2D eigenvalue weighted by molar-refractivity contribution is 0.311. The van der Waals surface area contributed by atoms with Gasteiger partial charge in [-0.25, -0.2) is 4.98 Å². The van der Waals surface area contributed by atoms with E-state index in [1.807, 2.05) is 18.3 Å². The van der Waals surface area contributed by atoms with E-state index in [-0.39, 0.29) is 5.54 Å². The topological polar surface area (TPSA) is 37.4 Å². The maximum atomic E-state index is 5.89. The second-order valence-corrected chi connectivity index (χ2v) is 6.46. The highest BCUT2D eigenvalue weighted by Crippen LogP contribution is 2.44. The van der Waals surface area contributed by atoms with Gasteiger partial charge in [-0.3, -0.25) is 0 Å². The molecule has 2 fully saturated rings. The first-order valence-corrected chi connectivity index (χ1v) is 7.70. The Morgan fingerprint density at radius 1 is 1.45 bits per heavy atom. The SMILES string of the molecule is CCCOc1cccnc1N1CC2CNCC2C1(C)C. The van der Waals surface area contributed by atoms with E-state index in [1.54, 1.807) is 0 Å². The first-order valence-electron chi connectivity index (χ1n) is 7.70. The molecule has 0 amide bonds. The minimum Gasteiger partial charge on any atom is -0.490 e. The third-order valence-corrected chi connectivity index (χ3v) is 4.83.